The van der Waals surface area contributed by atoms with Gasteiger partial charge in [0.15, 0.2) is 103 Å². The molecule has 0 unspecified atom stereocenters. The molecule has 0 saturated carbocycles. The molecule has 0 aromatic carbocycles. The highest BCUT2D eigenvalue weighted by Crippen LogP contribution is 2.12. The van der Waals surface area contributed by atoms with E-state index in [2.05, 4.69) is 0 Å². The minimum Gasteiger partial charge on any atom is -0.394 e. The van der Waals surface area contributed by atoms with Crippen LogP contribution in [0.2, 0.25) is 0 Å². The SMILES string of the molecule is CC(C)O.ClC(Cl)Cl.ClC(Cl)Cl.ClC(Cl)Cl.ClC(Cl)Cl.ClC(Cl)Cl.ClC(Cl)Cl.ClC(Cl)Cl.ClC(Cl)Cl.ClC(Cl)Cl.ClC(Cl)Cl.ClC(Cl)Cl.ClC(Cl)Cl.ClC(Cl)Cl.ClC(Cl)Cl.ClC(Cl)Cl.ClC(Cl)Cl.ClC(Cl)Cl.ClC(Cl)Cl.ClC(Cl)Cl.ClC(Cl)Cl.ClC(Cl)Cl.ClC(Cl)Cl.ClC(Cl)Cl.ClC(Cl)Cl. The number of hydrogen-bond acceptors (Lipinski definition) is 1. The van der Waals surface area contributed by atoms with Crippen molar-refractivity contribution in [3.05, 3.63) is 0 Å². The number of halogens is 72. The van der Waals surface area contributed by atoms with E-state index in [4.69, 9.17) is 840 Å². The van der Waals surface area contributed by atoms with Crippen LogP contribution in [0.4, 0.5) is 0 Å². The summed E-state index contributed by atoms with van der Waals surface area (Å²) < 4.78 is -18.0. The van der Waals surface area contributed by atoms with Crippen molar-refractivity contribution in [2.75, 3.05) is 0 Å². The van der Waals surface area contributed by atoms with Crippen LogP contribution >= 0.6 is 835 Å². The Balaban J connectivity index is -0.0000000255. The molecule has 0 aliphatic carbocycles. The third-order valence-electron chi connectivity index (χ3n) is 0. The van der Waals surface area contributed by atoms with Gasteiger partial charge in [0.2, 0.25) is 0 Å². The van der Waals surface area contributed by atoms with Gasteiger partial charge in [-0.05, 0) is 13.8 Å². The first kappa shape index (κ1) is 189. The molecule has 0 heterocycles. The molecule has 0 atom stereocenters. The zero-order chi connectivity index (χ0) is 89.4. The second-order valence-electron chi connectivity index (χ2n) is 7.03. The van der Waals surface area contributed by atoms with E-state index in [1.165, 1.54) is 0 Å². The van der Waals surface area contributed by atoms with E-state index in [9.17, 15) is 0 Å². The third kappa shape index (κ3) is 3800. The largest absolute Gasteiger partial charge is 0.394 e. The van der Waals surface area contributed by atoms with Crippen molar-refractivity contribution in [3.63, 3.8) is 0 Å². The number of hydrogen-bond donors (Lipinski definition) is 1. The second kappa shape index (κ2) is 184. The van der Waals surface area contributed by atoms with Crippen molar-refractivity contribution in [1.82, 2.24) is 0 Å². The van der Waals surface area contributed by atoms with Gasteiger partial charge in [-0.15, -0.1) is 0 Å². The molecule has 0 aliphatic rings. The van der Waals surface area contributed by atoms with E-state index in [-0.39, 0.29) is 6.10 Å². The zero-order valence-electron chi connectivity index (χ0n) is 44.1. The summed E-state index contributed by atoms with van der Waals surface area (Å²) in [5, 5.41) is 8.06. The van der Waals surface area contributed by atoms with Crippen LogP contribution in [0.25, 0.3) is 0 Å². The summed E-state index contributed by atoms with van der Waals surface area (Å²) in [7, 11) is 0. The van der Waals surface area contributed by atoms with Crippen molar-refractivity contribution in [3.8, 4) is 0 Å². The fraction of sp³-hybridized carbons (Fsp3) is 1.00. The van der Waals surface area contributed by atoms with Gasteiger partial charge in [0, 0.05) is 6.10 Å². The molecule has 0 spiro atoms. The Kier molecular flexibility index (Phi) is 348. The molecule has 650 valence electrons. The Hall–Kier alpha value is 20.8. The fourth-order valence-corrected chi connectivity index (χ4v) is 0. The standard InChI is InChI=1S/C3H8O.24CHCl3/c1-3(2)4;24*2-1(3)4/h3-4H,1-2H3;24*1H. The Morgan fingerprint density at radius 3 is 0.0900 bits per heavy atom. The van der Waals surface area contributed by atoms with Crippen LogP contribution in [0.5, 0.6) is 0 Å². The highest BCUT2D eigenvalue weighted by Gasteiger charge is 1.87. The zero-order valence-corrected chi connectivity index (χ0v) is 98.5. The molecule has 0 aliphatic heterocycles. The van der Waals surface area contributed by atoms with Gasteiger partial charge in [0.25, 0.3) is 0 Å². The van der Waals surface area contributed by atoms with Crippen LogP contribution in [0.1, 0.15) is 13.8 Å². The molecule has 0 fully saturated rings. The van der Waals surface area contributed by atoms with E-state index in [0.29, 0.717) is 0 Å². The Bertz CT molecular complexity index is 559. The number of alkyl halides is 72. The Morgan fingerprint density at radius 1 is 0.0900 bits per heavy atom. The van der Waals surface area contributed by atoms with Crippen molar-refractivity contribution in [1.29, 1.82) is 0 Å². The molecule has 1 N–H and O–H groups in total. The fourth-order valence-electron chi connectivity index (χ4n) is 0. The first-order valence-corrected chi connectivity index (χ1v) is 48.5. The molecular formula is C27H32Cl72O. The average Bonchev–Trinajstić information content (AvgIpc) is 3.15. The van der Waals surface area contributed by atoms with E-state index in [1.54, 1.807) is 13.8 Å². The van der Waals surface area contributed by atoms with Crippen LogP contribution in [0.3, 0.4) is 0 Å². The van der Waals surface area contributed by atoms with E-state index in [1.807, 2.05) is 0 Å². The Morgan fingerprint density at radius 2 is 0.0900 bits per heavy atom. The van der Waals surface area contributed by atoms with Gasteiger partial charge in [-0.2, -0.15) is 0 Å². The smallest absolute Gasteiger partial charge is 0.180 e. The van der Waals surface area contributed by atoms with Crippen LogP contribution in [0, 0.1) is 0 Å². The molecule has 73 heteroatoms. The van der Waals surface area contributed by atoms with Gasteiger partial charge in [0.1, 0.15) is 0 Å². The van der Waals surface area contributed by atoms with Gasteiger partial charge < -0.3 is 5.11 Å². The van der Waals surface area contributed by atoms with Gasteiger partial charge in [-0.1, -0.05) is 835 Å². The highest BCUT2D eigenvalue weighted by atomic mass is 35.7. The van der Waals surface area contributed by atoms with Crippen molar-refractivity contribution < 1.29 is 5.11 Å². The summed E-state index contributed by atoms with van der Waals surface area (Å²) in [6.45, 7) is 3.44. The first-order valence-electron chi connectivity index (χ1n) is 17.1. The van der Waals surface area contributed by atoms with E-state index in [0.717, 1.165) is 0 Å². The van der Waals surface area contributed by atoms with E-state index < -0.39 is 103 Å². The van der Waals surface area contributed by atoms with E-state index >= 15 is 0 Å². The van der Waals surface area contributed by atoms with Gasteiger partial charge in [-0.25, -0.2) is 0 Å². The van der Waals surface area contributed by atoms with Crippen LogP contribution < -0.4 is 0 Å². The topological polar surface area (TPSA) is 20.2 Å². The van der Waals surface area contributed by atoms with Crippen molar-refractivity contribution in [2.24, 2.45) is 0 Å². The van der Waals surface area contributed by atoms with Crippen molar-refractivity contribution in [2.45, 2.75) is 123 Å². The number of rotatable bonds is 0. The maximum atomic E-state index is 8.06. The highest BCUT2D eigenvalue weighted by molar-refractivity contribution is 6.72. The predicted molar refractivity (Wildman–Crippen MR) is 530 cm³/mol. The lowest BCUT2D eigenvalue weighted by Gasteiger charge is -1.80. The lowest BCUT2D eigenvalue weighted by Crippen LogP contribution is -1.85. The summed E-state index contributed by atoms with van der Waals surface area (Å²) in [6, 6.07) is 0. The summed E-state index contributed by atoms with van der Waals surface area (Å²) >= 11 is 346. The lowest BCUT2D eigenvalue weighted by molar-refractivity contribution is 0.216. The van der Waals surface area contributed by atoms with Gasteiger partial charge in [0.05, 0.1) is 0 Å². The molecule has 1 nitrogen and oxygen atoms in total. The summed E-state index contributed by atoms with van der Waals surface area (Å²) in [4.78, 5) is 0. The molecule has 0 radical (unpaired) electrons. The van der Waals surface area contributed by atoms with Gasteiger partial charge >= 0.3 is 0 Å². The Labute approximate surface area is 945 Å². The monoisotopic (exact) mass is 2890 g/mol. The van der Waals surface area contributed by atoms with Crippen LogP contribution in [-0.2, 0) is 0 Å². The predicted octanol–water partition coefficient (Wildman–Crippen LogP) is 48.1. The first-order chi connectivity index (χ1) is 43.3. The average molecular weight is 2930 g/mol. The summed E-state index contributed by atoms with van der Waals surface area (Å²) in [5.41, 5.74) is 0. The minimum absolute atomic E-state index is 0.167. The molecule has 0 aromatic rings. The maximum absolute atomic E-state index is 8.06. The molecule has 0 bridgehead atoms. The summed E-state index contributed by atoms with van der Waals surface area (Å²) in [6.07, 6.45) is -0.167. The normalized spacial score (nSPS) is 9.00. The quantitative estimate of drug-likeness (QED) is 0.240. The van der Waals surface area contributed by atoms with Crippen molar-refractivity contribution >= 4 is 835 Å². The summed E-state index contributed by atoms with van der Waals surface area (Å²) in [5.74, 6) is 0. The molecule has 0 aromatic heterocycles. The number of aliphatic hydroxyl groups excluding tert-OH is 1. The molecule has 0 rings (SSSR count). The van der Waals surface area contributed by atoms with Crippen LogP contribution in [-0.4, -0.2) is 114 Å². The molecule has 0 amide bonds. The van der Waals surface area contributed by atoms with Gasteiger partial charge in [-0.3, -0.25) is 0 Å². The van der Waals surface area contributed by atoms with Crippen LogP contribution in [0.15, 0.2) is 0 Å². The molecule has 100 heavy (non-hydrogen) atoms. The second-order valence-corrected chi connectivity index (χ2v) is 54.5. The number of aliphatic hydroxyl groups is 1. The molecular weight excluding hydrogens is 2890 g/mol. The molecule has 0 saturated heterocycles. The third-order valence-corrected chi connectivity index (χ3v) is 0. The minimum atomic E-state index is -0.750. The maximum Gasteiger partial charge on any atom is 0.180 e. The lowest BCUT2D eigenvalue weighted by atomic mass is 10.5.